The quantitative estimate of drug-likeness (QED) is 0.703. The maximum Gasteiger partial charge on any atom is 0.232 e. The van der Waals surface area contributed by atoms with Crippen LogP contribution in [0.15, 0.2) is 48.2 Å². The number of aromatic nitrogens is 2. The predicted molar refractivity (Wildman–Crippen MR) is 104 cm³/mol. The average Bonchev–Trinajstić information content (AvgIpc) is 3.26. The average molecular weight is 360 g/mol. The Morgan fingerprint density at radius 3 is 2.85 bits per heavy atom. The molecule has 0 amide bonds. The first-order valence-electron chi connectivity index (χ1n) is 9.22. The van der Waals surface area contributed by atoms with Gasteiger partial charge in [0.25, 0.3) is 0 Å². The smallest absolute Gasteiger partial charge is 0.232 e. The fraction of sp³-hybridized carbons (Fsp3) is 0.238. The van der Waals surface area contributed by atoms with E-state index in [4.69, 9.17) is 4.74 Å². The molecule has 0 atom stereocenters. The zero-order chi connectivity index (χ0) is 18.2. The monoisotopic (exact) mass is 360 g/mol. The molecule has 6 nitrogen and oxygen atoms in total. The number of carbonyl (C=O) groups is 1. The Kier molecular flexibility index (Phi) is 3.99. The molecule has 5 rings (SSSR count). The minimum Gasteiger partial charge on any atom is -0.452 e. The molecule has 1 aromatic heterocycles. The lowest BCUT2D eigenvalue weighted by atomic mass is 10.1. The maximum atomic E-state index is 12.8. The summed E-state index contributed by atoms with van der Waals surface area (Å²) in [6, 6.07) is 13.7. The van der Waals surface area contributed by atoms with Gasteiger partial charge < -0.3 is 10.1 Å². The number of nitrogens with zero attached hydrogens (tertiary/aromatic N) is 2. The number of carbonyl (C=O) groups excluding carboxylic acids is 1. The third-order valence-corrected chi connectivity index (χ3v) is 5.15. The molecule has 0 radical (unpaired) electrons. The molecule has 6 heteroatoms. The fourth-order valence-electron chi connectivity index (χ4n) is 3.72. The molecule has 0 saturated carbocycles. The van der Waals surface area contributed by atoms with Gasteiger partial charge in [-0.05, 0) is 12.1 Å². The van der Waals surface area contributed by atoms with Crippen molar-refractivity contribution in [1.82, 2.24) is 20.4 Å². The number of Topliss-reactive ketones (excluding diaryl/α,β-unsaturated/α-hetero) is 1. The van der Waals surface area contributed by atoms with Gasteiger partial charge in [-0.2, -0.15) is 5.10 Å². The first-order chi connectivity index (χ1) is 13.3. The number of nitrogens with one attached hydrogen (secondary N) is 2. The lowest BCUT2D eigenvalue weighted by molar-refractivity contribution is 0.101. The van der Waals surface area contributed by atoms with Gasteiger partial charge in [-0.3, -0.25) is 14.8 Å². The molecule has 0 spiro atoms. The van der Waals surface area contributed by atoms with Gasteiger partial charge >= 0.3 is 0 Å². The number of hydrogen-bond donors (Lipinski definition) is 2. The molecule has 136 valence electrons. The van der Waals surface area contributed by atoms with Gasteiger partial charge in [0.1, 0.15) is 5.75 Å². The van der Waals surface area contributed by atoms with Gasteiger partial charge in [0, 0.05) is 49.7 Å². The van der Waals surface area contributed by atoms with E-state index in [1.54, 1.807) is 6.08 Å². The van der Waals surface area contributed by atoms with Gasteiger partial charge in [0.15, 0.2) is 5.76 Å². The number of piperazine rings is 1. The predicted octanol–water partition coefficient (Wildman–Crippen LogP) is 2.58. The van der Waals surface area contributed by atoms with Crippen LogP contribution < -0.4 is 10.1 Å². The summed E-state index contributed by atoms with van der Waals surface area (Å²) in [4.78, 5) is 15.2. The van der Waals surface area contributed by atoms with Gasteiger partial charge in [-0.25, -0.2) is 0 Å². The zero-order valence-electron chi connectivity index (χ0n) is 14.9. The van der Waals surface area contributed by atoms with Crippen molar-refractivity contribution in [3.63, 3.8) is 0 Å². The Balaban J connectivity index is 1.47. The molecule has 0 aliphatic carbocycles. The van der Waals surface area contributed by atoms with Crippen LogP contribution in [0, 0.1) is 0 Å². The molecular formula is C21H20N4O2. The van der Waals surface area contributed by atoms with Crippen LogP contribution >= 0.6 is 0 Å². The van der Waals surface area contributed by atoms with Gasteiger partial charge in [-0.15, -0.1) is 0 Å². The molecule has 2 aliphatic heterocycles. The van der Waals surface area contributed by atoms with Crippen molar-refractivity contribution < 1.29 is 9.53 Å². The Morgan fingerprint density at radius 2 is 1.96 bits per heavy atom. The number of ketones is 1. The SMILES string of the molecule is O=C1/C(=C/c2n[nH]c3ccccc23)Oc2c(CN3CCNCC3)cccc21. The first-order valence-corrected chi connectivity index (χ1v) is 9.22. The molecule has 0 unspecified atom stereocenters. The number of rotatable bonds is 3. The second-order valence-corrected chi connectivity index (χ2v) is 6.91. The number of para-hydroxylation sites is 2. The molecule has 2 aromatic carbocycles. The largest absolute Gasteiger partial charge is 0.452 e. The number of allylic oxidation sites excluding steroid dienone is 1. The molecule has 2 N–H and O–H groups in total. The van der Waals surface area contributed by atoms with Crippen LogP contribution in [0.5, 0.6) is 5.75 Å². The second kappa shape index (κ2) is 6.64. The summed E-state index contributed by atoms with van der Waals surface area (Å²) < 4.78 is 6.03. The van der Waals surface area contributed by atoms with E-state index < -0.39 is 0 Å². The maximum absolute atomic E-state index is 12.8. The Bertz CT molecular complexity index is 1050. The summed E-state index contributed by atoms with van der Waals surface area (Å²) in [7, 11) is 0. The van der Waals surface area contributed by atoms with Crippen LogP contribution in [0.4, 0.5) is 0 Å². The van der Waals surface area contributed by atoms with E-state index in [0.29, 0.717) is 22.8 Å². The summed E-state index contributed by atoms with van der Waals surface area (Å²) in [6.07, 6.45) is 1.73. The number of hydrogen-bond acceptors (Lipinski definition) is 5. The summed E-state index contributed by atoms with van der Waals surface area (Å²) in [5, 5.41) is 11.6. The first kappa shape index (κ1) is 16.2. The van der Waals surface area contributed by atoms with Crippen molar-refractivity contribution in [1.29, 1.82) is 0 Å². The molecule has 1 fully saturated rings. The van der Waals surface area contributed by atoms with Crippen molar-refractivity contribution in [2.45, 2.75) is 6.54 Å². The van der Waals surface area contributed by atoms with E-state index in [0.717, 1.165) is 49.2 Å². The number of benzene rings is 2. The number of ether oxygens (including phenoxy) is 1. The number of aromatic amines is 1. The minimum absolute atomic E-state index is 0.0840. The van der Waals surface area contributed by atoms with Crippen LogP contribution in [0.1, 0.15) is 21.6 Å². The molecular weight excluding hydrogens is 340 g/mol. The van der Waals surface area contributed by atoms with Crippen LogP contribution in [0.3, 0.4) is 0 Å². The van der Waals surface area contributed by atoms with E-state index >= 15 is 0 Å². The zero-order valence-corrected chi connectivity index (χ0v) is 14.9. The lowest BCUT2D eigenvalue weighted by Gasteiger charge is -2.27. The summed E-state index contributed by atoms with van der Waals surface area (Å²) in [5.41, 5.74) is 3.34. The normalized spacial score (nSPS) is 18.8. The van der Waals surface area contributed by atoms with E-state index in [-0.39, 0.29) is 5.78 Å². The third-order valence-electron chi connectivity index (χ3n) is 5.15. The summed E-state index contributed by atoms with van der Waals surface area (Å²) in [5.74, 6) is 0.932. The molecule has 3 heterocycles. The van der Waals surface area contributed by atoms with Gasteiger partial charge in [0.05, 0.1) is 16.8 Å². The van der Waals surface area contributed by atoms with Crippen LogP contribution in [-0.4, -0.2) is 47.1 Å². The van der Waals surface area contributed by atoms with Crippen molar-refractivity contribution in [2.24, 2.45) is 0 Å². The highest BCUT2D eigenvalue weighted by atomic mass is 16.5. The van der Waals surface area contributed by atoms with Gasteiger partial charge in [-0.1, -0.05) is 30.3 Å². The van der Waals surface area contributed by atoms with Gasteiger partial charge in [0.2, 0.25) is 5.78 Å². The highest BCUT2D eigenvalue weighted by Crippen LogP contribution is 2.36. The minimum atomic E-state index is -0.0840. The topological polar surface area (TPSA) is 70.2 Å². The molecule has 27 heavy (non-hydrogen) atoms. The number of fused-ring (bicyclic) bond motifs is 2. The summed E-state index contributed by atoms with van der Waals surface area (Å²) in [6.45, 7) is 4.77. The fourth-order valence-corrected chi connectivity index (χ4v) is 3.72. The van der Waals surface area contributed by atoms with E-state index in [1.807, 2.05) is 42.5 Å². The van der Waals surface area contributed by atoms with E-state index in [1.165, 1.54) is 0 Å². The molecule has 1 saturated heterocycles. The van der Waals surface area contributed by atoms with Crippen molar-refractivity contribution in [3.05, 3.63) is 65.0 Å². The second-order valence-electron chi connectivity index (χ2n) is 6.91. The van der Waals surface area contributed by atoms with E-state index in [9.17, 15) is 4.79 Å². The van der Waals surface area contributed by atoms with Crippen molar-refractivity contribution >= 4 is 22.8 Å². The van der Waals surface area contributed by atoms with E-state index in [2.05, 4.69) is 20.4 Å². The molecule has 3 aromatic rings. The Morgan fingerprint density at radius 1 is 1.11 bits per heavy atom. The lowest BCUT2D eigenvalue weighted by Crippen LogP contribution is -2.42. The van der Waals surface area contributed by atoms with Crippen molar-refractivity contribution in [2.75, 3.05) is 26.2 Å². The Labute approximate surface area is 156 Å². The third kappa shape index (κ3) is 2.93. The molecule has 0 bridgehead atoms. The highest BCUT2D eigenvalue weighted by Gasteiger charge is 2.30. The Hall–Kier alpha value is -2.96. The van der Waals surface area contributed by atoms with Crippen molar-refractivity contribution in [3.8, 4) is 5.75 Å². The molecule has 2 aliphatic rings. The number of H-pyrrole nitrogens is 1. The van der Waals surface area contributed by atoms with Crippen LogP contribution in [0.25, 0.3) is 17.0 Å². The standard InChI is InChI=1S/C21H20N4O2/c26-20-16-6-3-4-14(13-25-10-8-22-9-11-25)21(16)27-19(20)12-18-15-5-1-2-7-17(15)23-24-18/h1-7,12,22H,8-11,13H2,(H,23,24)/b19-12-. The highest BCUT2D eigenvalue weighted by molar-refractivity contribution is 6.15. The van der Waals surface area contributed by atoms with Crippen LogP contribution in [0.2, 0.25) is 0 Å². The van der Waals surface area contributed by atoms with Crippen LogP contribution in [-0.2, 0) is 6.54 Å². The summed E-state index contributed by atoms with van der Waals surface area (Å²) >= 11 is 0.